The van der Waals surface area contributed by atoms with Crippen molar-refractivity contribution in [2.75, 3.05) is 37.7 Å². The fourth-order valence-electron chi connectivity index (χ4n) is 2.45. The number of pyridine rings is 1. The van der Waals surface area contributed by atoms with Gasteiger partial charge in [-0.1, -0.05) is 23.2 Å². The SMILES string of the molecule is O=C(OCC(=O)N1CCN(c2ncccn2)CC1)c1cnc(Cl)c(Cl)c1. The van der Waals surface area contributed by atoms with Crippen LogP contribution in [0.15, 0.2) is 30.7 Å². The zero-order chi connectivity index (χ0) is 18.5. The molecule has 1 saturated heterocycles. The van der Waals surface area contributed by atoms with E-state index in [-0.39, 0.29) is 28.3 Å². The molecule has 0 atom stereocenters. The molecule has 0 radical (unpaired) electrons. The summed E-state index contributed by atoms with van der Waals surface area (Å²) in [6, 6.07) is 3.10. The molecule has 0 aromatic carbocycles. The number of aromatic nitrogens is 3. The summed E-state index contributed by atoms with van der Waals surface area (Å²) < 4.78 is 5.04. The van der Waals surface area contributed by atoms with Gasteiger partial charge in [0.2, 0.25) is 5.95 Å². The van der Waals surface area contributed by atoms with Crippen molar-refractivity contribution in [3.63, 3.8) is 0 Å². The van der Waals surface area contributed by atoms with Crippen LogP contribution in [-0.2, 0) is 9.53 Å². The van der Waals surface area contributed by atoms with Crippen molar-refractivity contribution < 1.29 is 14.3 Å². The van der Waals surface area contributed by atoms with Gasteiger partial charge in [-0.2, -0.15) is 0 Å². The molecule has 2 aromatic heterocycles. The summed E-state index contributed by atoms with van der Waals surface area (Å²) in [6.45, 7) is 1.88. The molecule has 26 heavy (non-hydrogen) atoms. The van der Waals surface area contributed by atoms with Gasteiger partial charge in [-0.05, 0) is 12.1 Å². The summed E-state index contributed by atoms with van der Waals surface area (Å²) >= 11 is 11.5. The third kappa shape index (κ3) is 4.39. The maximum absolute atomic E-state index is 12.2. The van der Waals surface area contributed by atoms with E-state index in [0.29, 0.717) is 32.1 Å². The van der Waals surface area contributed by atoms with Gasteiger partial charge in [0, 0.05) is 44.8 Å². The van der Waals surface area contributed by atoms with Crippen LogP contribution >= 0.6 is 23.2 Å². The van der Waals surface area contributed by atoms with Gasteiger partial charge in [0.1, 0.15) is 5.15 Å². The number of piperazine rings is 1. The number of nitrogens with zero attached hydrogens (tertiary/aromatic N) is 5. The molecule has 10 heteroatoms. The van der Waals surface area contributed by atoms with Crippen LogP contribution in [0, 0.1) is 0 Å². The molecule has 8 nitrogen and oxygen atoms in total. The highest BCUT2D eigenvalue weighted by atomic mass is 35.5. The first-order valence-corrected chi connectivity index (χ1v) is 8.58. The van der Waals surface area contributed by atoms with Gasteiger partial charge in [-0.15, -0.1) is 0 Å². The van der Waals surface area contributed by atoms with E-state index < -0.39 is 5.97 Å². The standard InChI is InChI=1S/C16H15Cl2N5O3/c17-12-8-11(9-21-14(12)18)15(25)26-10-13(24)22-4-6-23(7-5-22)16-19-2-1-3-20-16/h1-3,8-9H,4-7,10H2. The van der Waals surface area contributed by atoms with Gasteiger partial charge in [0.25, 0.3) is 5.91 Å². The molecule has 0 aliphatic carbocycles. The Labute approximate surface area is 159 Å². The third-order valence-corrected chi connectivity index (χ3v) is 4.51. The van der Waals surface area contributed by atoms with E-state index in [9.17, 15) is 9.59 Å². The Morgan fingerprint density at radius 3 is 2.42 bits per heavy atom. The number of carbonyl (C=O) groups excluding carboxylic acids is 2. The highest BCUT2D eigenvalue weighted by Crippen LogP contribution is 2.20. The maximum atomic E-state index is 12.2. The van der Waals surface area contributed by atoms with E-state index in [2.05, 4.69) is 15.0 Å². The second-order valence-corrected chi connectivity index (χ2v) is 6.25. The Bertz CT molecular complexity index is 798. The average molecular weight is 396 g/mol. The Morgan fingerprint density at radius 1 is 1.08 bits per heavy atom. The lowest BCUT2D eigenvalue weighted by atomic mass is 10.3. The zero-order valence-corrected chi connectivity index (χ0v) is 15.2. The molecule has 1 aliphatic heterocycles. The first kappa shape index (κ1) is 18.3. The number of amides is 1. The number of halogens is 2. The van der Waals surface area contributed by atoms with Gasteiger partial charge in [0.15, 0.2) is 6.61 Å². The van der Waals surface area contributed by atoms with Gasteiger partial charge in [-0.25, -0.2) is 19.7 Å². The van der Waals surface area contributed by atoms with Gasteiger partial charge in [0.05, 0.1) is 10.6 Å². The molecule has 1 aliphatic rings. The number of rotatable bonds is 4. The van der Waals surface area contributed by atoms with Crippen LogP contribution in [0.3, 0.4) is 0 Å². The molecule has 3 heterocycles. The van der Waals surface area contributed by atoms with Crippen molar-refractivity contribution in [2.45, 2.75) is 0 Å². The van der Waals surface area contributed by atoms with Gasteiger partial charge >= 0.3 is 5.97 Å². The minimum absolute atomic E-state index is 0.0968. The second-order valence-electron chi connectivity index (χ2n) is 5.49. The monoisotopic (exact) mass is 395 g/mol. The van der Waals surface area contributed by atoms with E-state index in [1.807, 2.05) is 4.90 Å². The van der Waals surface area contributed by atoms with Crippen molar-refractivity contribution >= 4 is 41.0 Å². The third-order valence-electron chi connectivity index (χ3n) is 3.83. The molecule has 1 fully saturated rings. The van der Waals surface area contributed by atoms with E-state index in [1.54, 1.807) is 23.4 Å². The van der Waals surface area contributed by atoms with Crippen molar-refractivity contribution in [3.05, 3.63) is 46.5 Å². The molecule has 0 bridgehead atoms. The summed E-state index contributed by atoms with van der Waals surface area (Å²) in [5, 5.41) is 0.242. The van der Waals surface area contributed by atoms with Gasteiger partial charge < -0.3 is 14.5 Å². The second kappa shape index (κ2) is 8.29. The van der Waals surface area contributed by atoms with Crippen LogP contribution in [0.2, 0.25) is 10.2 Å². The smallest absolute Gasteiger partial charge is 0.340 e. The largest absolute Gasteiger partial charge is 0.452 e. The van der Waals surface area contributed by atoms with Crippen LogP contribution in [0.5, 0.6) is 0 Å². The van der Waals surface area contributed by atoms with Crippen molar-refractivity contribution in [2.24, 2.45) is 0 Å². The molecule has 1 amide bonds. The Hall–Kier alpha value is -2.45. The van der Waals surface area contributed by atoms with Crippen LogP contribution < -0.4 is 4.90 Å². The highest BCUT2D eigenvalue weighted by molar-refractivity contribution is 6.41. The molecular formula is C16H15Cl2N5O3. The van der Waals surface area contributed by atoms with Gasteiger partial charge in [-0.3, -0.25) is 4.79 Å². The Kier molecular flexibility index (Phi) is 5.85. The molecule has 2 aromatic rings. The maximum Gasteiger partial charge on any atom is 0.340 e. The minimum Gasteiger partial charge on any atom is -0.452 e. The first-order chi connectivity index (χ1) is 12.5. The summed E-state index contributed by atoms with van der Waals surface area (Å²) in [7, 11) is 0. The van der Waals surface area contributed by atoms with E-state index in [0.717, 1.165) is 0 Å². The molecule has 0 unspecified atom stereocenters. The van der Waals surface area contributed by atoms with Crippen molar-refractivity contribution in [1.82, 2.24) is 19.9 Å². The number of carbonyl (C=O) groups is 2. The highest BCUT2D eigenvalue weighted by Gasteiger charge is 2.23. The Morgan fingerprint density at radius 2 is 1.77 bits per heavy atom. The summed E-state index contributed by atoms with van der Waals surface area (Å²) in [4.78, 5) is 40.0. The molecular weight excluding hydrogens is 381 g/mol. The van der Waals surface area contributed by atoms with E-state index >= 15 is 0 Å². The summed E-state index contributed by atoms with van der Waals surface area (Å²) in [5.74, 6) is -0.307. The molecule has 0 N–H and O–H groups in total. The average Bonchev–Trinajstić information content (AvgIpc) is 2.68. The lowest BCUT2D eigenvalue weighted by molar-refractivity contribution is -0.134. The fourth-order valence-corrected chi connectivity index (χ4v) is 2.71. The normalized spacial score (nSPS) is 14.2. The first-order valence-electron chi connectivity index (χ1n) is 7.82. The molecule has 3 rings (SSSR count). The van der Waals surface area contributed by atoms with Crippen molar-refractivity contribution in [3.8, 4) is 0 Å². The quantitative estimate of drug-likeness (QED) is 0.574. The Balaban J connectivity index is 1.48. The predicted molar refractivity (Wildman–Crippen MR) is 95.4 cm³/mol. The molecule has 136 valence electrons. The lowest BCUT2D eigenvalue weighted by Gasteiger charge is -2.34. The topological polar surface area (TPSA) is 88.5 Å². The van der Waals surface area contributed by atoms with Crippen LogP contribution in [0.4, 0.5) is 5.95 Å². The number of ether oxygens (including phenoxy) is 1. The van der Waals surface area contributed by atoms with Crippen molar-refractivity contribution in [1.29, 1.82) is 0 Å². The zero-order valence-electron chi connectivity index (χ0n) is 13.6. The summed E-state index contributed by atoms with van der Waals surface area (Å²) in [6.07, 6.45) is 4.61. The van der Waals surface area contributed by atoms with E-state index in [1.165, 1.54) is 12.3 Å². The molecule has 0 saturated carbocycles. The fraction of sp³-hybridized carbons (Fsp3) is 0.312. The van der Waals surface area contributed by atoms with Crippen LogP contribution in [0.1, 0.15) is 10.4 Å². The minimum atomic E-state index is -0.680. The number of anilines is 1. The van der Waals surface area contributed by atoms with Crippen LogP contribution in [0.25, 0.3) is 0 Å². The lowest BCUT2D eigenvalue weighted by Crippen LogP contribution is -2.50. The molecule has 0 spiro atoms. The number of hydrogen-bond donors (Lipinski definition) is 0. The number of hydrogen-bond acceptors (Lipinski definition) is 7. The van der Waals surface area contributed by atoms with E-state index in [4.69, 9.17) is 27.9 Å². The summed E-state index contributed by atoms with van der Waals surface area (Å²) in [5.41, 5.74) is 0.137. The van der Waals surface area contributed by atoms with Crippen LogP contribution in [-0.4, -0.2) is 64.5 Å². The number of esters is 1. The predicted octanol–water partition coefficient (Wildman–Crippen LogP) is 1.68.